The third kappa shape index (κ3) is 4.03. The number of allylic oxidation sites excluding steroid dienone is 4. The Balaban J connectivity index is 1.64. The molecule has 0 radical (unpaired) electrons. The summed E-state index contributed by atoms with van der Waals surface area (Å²) in [6, 6.07) is 9.92. The predicted molar refractivity (Wildman–Crippen MR) is 106 cm³/mol. The largest absolute Gasteiger partial charge is 0.385 e. The van der Waals surface area contributed by atoms with Crippen molar-refractivity contribution in [2.45, 2.75) is 19.3 Å². The normalized spacial score (nSPS) is 20.6. The molecule has 1 fully saturated rings. The van der Waals surface area contributed by atoms with Crippen LogP contribution in [0.3, 0.4) is 0 Å². The number of hydrogen-bond donors (Lipinski definition) is 1. The number of amides is 1. The maximum atomic E-state index is 12.8. The molecule has 1 aromatic heterocycles. The molecule has 2 atom stereocenters. The van der Waals surface area contributed by atoms with E-state index < -0.39 is 0 Å². The smallest absolute Gasteiger partial charge is 0.255 e. The fourth-order valence-corrected chi connectivity index (χ4v) is 3.52. The molecule has 1 N–H and O–H groups in total. The summed E-state index contributed by atoms with van der Waals surface area (Å²) < 4.78 is 6.86. The van der Waals surface area contributed by atoms with Crippen LogP contribution < -0.4 is 5.32 Å². The Kier molecular flexibility index (Phi) is 5.21. The van der Waals surface area contributed by atoms with Crippen LogP contribution in [0.4, 0.5) is 0 Å². The second-order valence-corrected chi connectivity index (χ2v) is 7.16. The van der Waals surface area contributed by atoms with Gasteiger partial charge in [-0.3, -0.25) is 4.79 Å². The van der Waals surface area contributed by atoms with E-state index in [2.05, 4.69) is 23.5 Å². The third-order valence-corrected chi connectivity index (χ3v) is 5.12. The van der Waals surface area contributed by atoms with Gasteiger partial charge in [-0.2, -0.15) is 5.10 Å². The van der Waals surface area contributed by atoms with Gasteiger partial charge in [-0.1, -0.05) is 36.4 Å². The molecule has 1 amide bonds. The zero-order chi connectivity index (χ0) is 18.6. The van der Waals surface area contributed by atoms with Crippen LogP contribution in [0.15, 0.2) is 54.8 Å². The molecule has 0 spiro atoms. The third-order valence-electron chi connectivity index (χ3n) is 5.12. The van der Waals surface area contributed by atoms with Crippen LogP contribution in [0.25, 0.3) is 11.3 Å². The first kappa shape index (κ1) is 17.7. The molecule has 140 valence electrons. The molecule has 2 unspecified atom stereocenters. The van der Waals surface area contributed by atoms with Gasteiger partial charge >= 0.3 is 0 Å². The Bertz CT molecular complexity index is 867. The molecule has 2 aliphatic carbocycles. The number of benzene rings is 1. The molecule has 2 aliphatic rings. The minimum absolute atomic E-state index is 0.0789. The SMILES string of the molecule is COCCCNC(=O)c1cn(-c2ccccc2)nc1C1=CC2CC2C=CC1. The zero-order valence-electron chi connectivity index (χ0n) is 15.6. The van der Waals surface area contributed by atoms with E-state index >= 15 is 0 Å². The van der Waals surface area contributed by atoms with Crippen LogP contribution >= 0.6 is 0 Å². The lowest BCUT2D eigenvalue weighted by Crippen LogP contribution is -2.25. The molecule has 0 bridgehead atoms. The number of carbonyl (C=O) groups excluding carboxylic acids is 1. The monoisotopic (exact) mass is 363 g/mol. The van der Waals surface area contributed by atoms with E-state index in [0.717, 1.165) is 29.8 Å². The van der Waals surface area contributed by atoms with Crippen molar-refractivity contribution in [1.82, 2.24) is 15.1 Å². The van der Waals surface area contributed by atoms with E-state index in [1.54, 1.807) is 11.8 Å². The first-order valence-electron chi connectivity index (χ1n) is 9.56. The summed E-state index contributed by atoms with van der Waals surface area (Å²) in [7, 11) is 1.67. The molecule has 0 aliphatic heterocycles. The number of ether oxygens (including phenoxy) is 1. The topological polar surface area (TPSA) is 56.1 Å². The molecule has 1 saturated carbocycles. The number of para-hydroxylation sites is 1. The van der Waals surface area contributed by atoms with Gasteiger partial charge in [-0.25, -0.2) is 4.68 Å². The van der Waals surface area contributed by atoms with Crippen molar-refractivity contribution in [2.24, 2.45) is 11.8 Å². The van der Waals surface area contributed by atoms with Gasteiger partial charge < -0.3 is 10.1 Å². The number of nitrogens with zero attached hydrogens (tertiary/aromatic N) is 2. The Morgan fingerprint density at radius 2 is 2.15 bits per heavy atom. The van der Waals surface area contributed by atoms with Crippen molar-refractivity contribution in [2.75, 3.05) is 20.3 Å². The quantitative estimate of drug-likeness (QED) is 0.604. The predicted octanol–water partition coefficient (Wildman–Crippen LogP) is 3.62. The number of hydrogen-bond acceptors (Lipinski definition) is 3. The van der Waals surface area contributed by atoms with Crippen molar-refractivity contribution in [3.8, 4) is 5.69 Å². The minimum atomic E-state index is -0.0789. The van der Waals surface area contributed by atoms with Crippen LogP contribution in [0.1, 0.15) is 35.3 Å². The molecular formula is C22H25N3O2. The molecule has 4 rings (SSSR count). The van der Waals surface area contributed by atoms with Crippen molar-refractivity contribution in [3.05, 3.63) is 66.0 Å². The second kappa shape index (κ2) is 7.92. The van der Waals surface area contributed by atoms with Gasteiger partial charge in [0.05, 0.1) is 11.3 Å². The molecule has 1 aromatic carbocycles. The van der Waals surface area contributed by atoms with Crippen molar-refractivity contribution < 1.29 is 9.53 Å². The average molecular weight is 363 g/mol. The Labute approximate surface area is 159 Å². The first-order chi connectivity index (χ1) is 13.3. The summed E-state index contributed by atoms with van der Waals surface area (Å²) in [5.41, 5.74) is 3.52. The molecule has 5 nitrogen and oxygen atoms in total. The Morgan fingerprint density at radius 3 is 2.96 bits per heavy atom. The van der Waals surface area contributed by atoms with E-state index in [4.69, 9.17) is 9.84 Å². The van der Waals surface area contributed by atoms with Crippen LogP contribution in [-0.4, -0.2) is 35.9 Å². The van der Waals surface area contributed by atoms with Gasteiger partial charge in [-0.15, -0.1) is 0 Å². The fraction of sp³-hybridized carbons (Fsp3) is 0.364. The fourth-order valence-electron chi connectivity index (χ4n) is 3.52. The number of nitrogens with one attached hydrogen (secondary N) is 1. The van der Waals surface area contributed by atoms with E-state index in [1.807, 2.05) is 36.5 Å². The number of carbonyl (C=O) groups is 1. The maximum Gasteiger partial charge on any atom is 0.255 e. The lowest BCUT2D eigenvalue weighted by molar-refractivity contribution is 0.0948. The van der Waals surface area contributed by atoms with Crippen LogP contribution in [-0.2, 0) is 4.74 Å². The van der Waals surface area contributed by atoms with Crippen molar-refractivity contribution in [3.63, 3.8) is 0 Å². The summed E-state index contributed by atoms with van der Waals surface area (Å²) in [6.45, 7) is 1.22. The molecule has 5 heteroatoms. The second-order valence-electron chi connectivity index (χ2n) is 7.16. The summed E-state index contributed by atoms with van der Waals surface area (Å²) in [5.74, 6) is 1.19. The number of rotatable bonds is 7. The highest BCUT2D eigenvalue weighted by molar-refractivity contribution is 5.98. The van der Waals surface area contributed by atoms with E-state index in [9.17, 15) is 4.79 Å². The van der Waals surface area contributed by atoms with Gasteiger partial charge in [0.1, 0.15) is 5.69 Å². The van der Waals surface area contributed by atoms with E-state index in [0.29, 0.717) is 30.6 Å². The van der Waals surface area contributed by atoms with Gasteiger partial charge in [0.25, 0.3) is 5.91 Å². The average Bonchev–Trinajstić information content (AvgIpc) is 3.32. The Morgan fingerprint density at radius 1 is 1.30 bits per heavy atom. The van der Waals surface area contributed by atoms with Gasteiger partial charge in [0.15, 0.2) is 0 Å². The first-order valence-corrected chi connectivity index (χ1v) is 9.56. The number of fused-ring (bicyclic) bond motifs is 1. The van der Waals surface area contributed by atoms with Crippen LogP contribution in [0.5, 0.6) is 0 Å². The summed E-state index contributed by atoms with van der Waals surface area (Å²) in [5, 5.41) is 7.79. The van der Waals surface area contributed by atoms with Crippen LogP contribution in [0.2, 0.25) is 0 Å². The molecule has 0 saturated heterocycles. The summed E-state index contributed by atoms with van der Waals surface area (Å²) in [6.07, 6.45) is 11.5. The molecule has 2 aromatic rings. The lowest BCUT2D eigenvalue weighted by atomic mass is 10.0. The highest BCUT2D eigenvalue weighted by Gasteiger charge is 2.35. The summed E-state index contributed by atoms with van der Waals surface area (Å²) >= 11 is 0. The van der Waals surface area contributed by atoms with Gasteiger partial charge in [-0.05, 0) is 48.8 Å². The van der Waals surface area contributed by atoms with Crippen molar-refractivity contribution >= 4 is 11.5 Å². The van der Waals surface area contributed by atoms with Crippen molar-refractivity contribution in [1.29, 1.82) is 0 Å². The molecular weight excluding hydrogens is 338 g/mol. The summed E-state index contributed by atoms with van der Waals surface area (Å²) in [4.78, 5) is 12.8. The van der Waals surface area contributed by atoms with E-state index in [-0.39, 0.29) is 5.91 Å². The highest BCUT2D eigenvalue weighted by Crippen LogP contribution is 2.45. The van der Waals surface area contributed by atoms with Gasteiger partial charge in [0.2, 0.25) is 0 Å². The maximum absolute atomic E-state index is 12.8. The standard InChI is InChI=1S/C22H25N3O2/c1-27-12-6-11-23-22(26)20-15-25(19-9-3-2-4-10-19)24-21(20)17-8-5-7-16-13-18(16)14-17/h2-5,7,9-10,14-16,18H,6,8,11-13H2,1H3,(H,23,26). The molecule has 27 heavy (non-hydrogen) atoms. The minimum Gasteiger partial charge on any atom is -0.385 e. The Hall–Kier alpha value is -2.66. The zero-order valence-corrected chi connectivity index (χ0v) is 15.6. The lowest BCUT2D eigenvalue weighted by Gasteiger charge is -2.07. The number of aromatic nitrogens is 2. The van der Waals surface area contributed by atoms with Gasteiger partial charge in [0, 0.05) is 26.5 Å². The highest BCUT2D eigenvalue weighted by atomic mass is 16.5. The number of methoxy groups -OCH3 is 1. The van der Waals surface area contributed by atoms with Crippen LogP contribution in [0, 0.1) is 11.8 Å². The van der Waals surface area contributed by atoms with E-state index in [1.165, 1.54) is 6.42 Å². The molecule has 1 heterocycles.